The molecular formula is C62H113O11P. The SMILES string of the molecule is CCC/C=C\C/C=C\CCCCCCCC(=O)OC(CO)COP(=O)(O)OCC(COC(=O)CCCCCCC/C=C\C/C=C\CCCCC)OC(=O)CCCCCCCCCCCCCCCCCCCCC. The van der Waals surface area contributed by atoms with Crippen LogP contribution in [0.4, 0.5) is 0 Å². The van der Waals surface area contributed by atoms with Crippen molar-refractivity contribution in [1.29, 1.82) is 0 Å². The minimum absolute atomic E-state index is 0.161. The number of hydrogen-bond donors (Lipinski definition) is 2. The topological polar surface area (TPSA) is 155 Å². The Morgan fingerprint density at radius 2 is 0.689 bits per heavy atom. The molecule has 11 nitrogen and oxygen atoms in total. The highest BCUT2D eigenvalue weighted by Crippen LogP contribution is 2.43. The maximum Gasteiger partial charge on any atom is 0.472 e. The highest BCUT2D eigenvalue weighted by Gasteiger charge is 2.28. The number of aliphatic hydroxyl groups excluding tert-OH is 1. The Bertz CT molecular complexity index is 1430. The number of carbonyl (C=O) groups excluding carboxylic acids is 3. The molecule has 0 amide bonds. The molecule has 0 radical (unpaired) electrons. The Kier molecular flexibility index (Phi) is 54.7. The molecule has 0 aromatic rings. The Balaban J connectivity index is 4.70. The molecule has 3 unspecified atom stereocenters. The second-order valence-corrected chi connectivity index (χ2v) is 22.0. The summed E-state index contributed by atoms with van der Waals surface area (Å²) in [4.78, 5) is 48.6. The van der Waals surface area contributed by atoms with Crippen molar-refractivity contribution < 1.29 is 52.2 Å². The zero-order chi connectivity index (χ0) is 54.1. The van der Waals surface area contributed by atoms with Gasteiger partial charge in [0, 0.05) is 19.3 Å². The first-order chi connectivity index (χ1) is 36.2. The molecule has 0 aromatic heterocycles. The second-order valence-electron chi connectivity index (χ2n) is 20.5. The molecule has 0 rings (SSSR count). The fraction of sp³-hybridized carbons (Fsp3) is 0.823. The van der Waals surface area contributed by atoms with Gasteiger partial charge in [-0.05, 0) is 77.0 Å². The van der Waals surface area contributed by atoms with Gasteiger partial charge < -0.3 is 24.2 Å². The number of esters is 3. The smallest absolute Gasteiger partial charge is 0.462 e. The van der Waals surface area contributed by atoms with E-state index in [2.05, 4.69) is 69.4 Å². The van der Waals surface area contributed by atoms with Gasteiger partial charge in [0.1, 0.15) is 12.7 Å². The molecule has 432 valence electrons. The third-order valence-electron chi connectivity index (χ3n) is 13.2. The molecule has 0 aromatic carbocycles. The lowest BCUT2D eigenvalue weighted by atomic mass is 10.0. The van der Waals surface area contributed by atoms with Crippen LogP contribution in [0.1, 0.15) is 290 Å². The summed E-state index contributed by atoms with van der Waals surface area (Å²) in [6, 6.07) is 0. The first kappa shape index (κ1) is 71.4. The summed E-state index contributed by atoms with van der Waals surface area (Å²) in [6.45, 7) is 4.57. The third kappa shape index (κ3) is 54.2. The molecule has 0 saturated carbocycles. The van der Waals surface area contributed by atoms with Crippen LogP contribution in [-0.2, 0) is 42.2 Å². The quantitative estimate of drug-likeness (QED) is 0.0197. The number of allylic oxidation sites excluding steroid dienone is 8. The Labute approximate surface area is 453 Å². The van der Waals surface area contributed by atoms with Crippen LogP contribution < -0.4 is 0 Å². The number of aliphatic hydroxyl groups is 1. The highest BCUT2D eigenvalue weighted by molar-refractivity contribution is 7.47. The van der Waals surface area contributed by atoms with E-state index in [0.29, 0.717) is 19.3 Å². The molecule has 0 saturated heterocycles. The van der Waals surface area contributed by atoms with Crippen molar-refractivity contribution in [1.82, 2.24) is 0 Å². The number of unbranched alkanes of at least 4 members (excludes halogenated alkanes) is 32. The largest absolute Gasteiger partial charge is 0.472 e. The van der Waals surface area contributed by atoms with Gasteiger partial charge in [-0.3, -0.25) is 23.4 Å². The summed E-state index contributed by atoms with van der Waals surface area (Å²) < 4.78 is 39.6. The molecule has 0 heterocycles. The molecule has 0 aliphatic carbocycles. The molecule has 0 bridgehead atoms. The first-order valence-electron chi connectivity index (χ1n) is 30.5. The van der Waals surface area contributed by atoms with Crippen LogP contribution in [0.5, 0.6) is 0 Å². The van der Waals surface area contributed by atoms with Crippen LogP contribution in [0.3, 0.4) is 0 Å². The lowest BCUT2D eigenvalue weighted by Gasteiger charge is -2.21. The Morgan fingerprint density at radius 1 is 0.378 bits per heavy atom. The number of carbonyl (C=O) groups is 3. The summed E-state index contributed by atoms with van der Waals surface area (Å²) >= 11 is 0. The molecule has 74 heavy (non-hydrogen) atoms. The fourth-order valence-corrected chi connectivity index (χ4v) is 9.33. The summed E-state index contributed by atoms with van der Waals surface area (Å²) in [5, 5.41) is 9.81. The summed E-state index contributed by atoms with van der Waals surface area (Å²) in [5.74, 6) is -1.48. The van der Waals surface area contributed by atoms with E-state index in [-0.39, 0.29) is 25.9 Å². The van der Waals surface area contributed by atoms with Crippen LogP contribution in [0.2, 0.25) is 0 Å². The van der Waals surface area contributed by atoms with E-state index in [4.69, 9.17) is 23.3 Å². The van der Waals surface area contributed by atoms with Crippen molar-refractivity contribution in [3.8, 4) is 0 Å². The maximum absolute atomic E-state index is 12.9. The van der Waals surface area contributed by atoms with E-state index in [9.17, 15) is 28.9 Å². The van der Waals surface area contributed by atoms with Crippen molar-refractivity contribution in [2.24, 2.45) is 0 Å². The zero-order valence-corrected chi connectivity index (χ0v) is 48.7. The molecule has 12 heteroatoms. The molecular weight excluding hydrogens is 952 g/mol. The van der Waals surface area contributed by atoms with Gasteiger partial charge in [0.2, 0.25) is 0 Å². The van der Waals surface area contributed by atoms with Crippen LogP contribution in [0, 0.1) is 0 Å². The van der Waals surface area contributed by atoms with Gasteiger partial charge in [0.25, 0.3) is 0 Å². The van der Waals surface area contributed by atoms with E-state index in [1.165, 1.54) is 122 Å². The van der Waals surface area contributed by atoms with Gasteiger partial charge in [-0.1, -0.05) is 243 Å². The number of phosphoric acid groups is 1. The van der Waals surface area contributed by atoms with E-state index < -0.39 is 57.8 Å². The van der Waals surface area contributed by atoms with Gasteiger partial charge in [0.15, 0.2) is 6.10 Å². The summed E-state index contributed by atoms with van der Waals surface area (Å²) in [5.41, 5.74) is 0. The lowest BCUT2D eigenvalue weighted by Crippen LogP contribution is -2.30. The minimum atomic E-state index is -4.75. The maximum atomic E-state index is 12.9. The molecule has 0 aliphatic rings. The molecule has 0 spiro atoms. The Hall–Kier alpha value is -2.56. The minimum Gasteiger partial charge on any atom is -0.462 e. The van der Waals surface area contributed by atoms with Crippen LogP contribution >= 0.6 is 7.82 Å². The van der Waals surface area contributed by atoms with Crippen molar-refractivity contribution >= 4 is 25.7 Å². The predicted octanol–water partition coefficient (Wildman–Crippen LogP) is 18.1. The van der Waals surface area contributed by atoms with Crippen molar-refractivity contribution in [2.75, 3.05) is 26.4 Å². The van der Waals surface area contributed by atoms with Crippen molar-refractivity contribution in [3.05, 3.63) is 48.6 Å². The highest BCUT2D eigenvalue weighted by atomic mass is 31.2. The third-order valence-corrected chi connectivity index (χ3v) is 14.2. The second kappa shape index (κ2) is 56.6. The normalized spacial score (nSPS) is 13.6. The van der Waals surface area contributed by atoms with E-state index in [1.807, 2.05) is 0 Å². The van der Waals surface area contributed by atoms with E-state index in [1.54, 1.807) is 0 Å². The van der Waals surface area contributed by atoms with E-state index in [0.717, 1.165) is 109 Å². The lowest BCUT2D eigenvalue weighted by molar-refractivity contribution is -0.161. The van der Waals surface area contributed by atoms with Crippen LogP contribution in [0.25, 0.3) is 0 Å². The number of ether oxygens (including phenoxy) is 3. The number of hydrogen-bond acceptors (Lipinski definition) is 10. The number of phosphoric ester groups is 1. The zero-order valence-electron chi connectivity index (χ0n) is 47.8. The van der Waals surface area contributed by atoms with Gasteiger partial charge >= 0.3 is 25.7 Å². The number of rotatable bonds is 57. The predicted molar refractivity (Wildman–Crippen MR) is 307 cm³/mol. The standard InChI is InChI=1S/C62H113O11P/c1-4-7-10-13-16-19-22-25-27-28-29-30-32-35-38-41-44-47-50-53-62(66)73-59(55-69-60(64)51-48-45-42-39-36-34-31-26-23-20-17-14-11-8-5-2)57-71-74(67,68)70-56-58(54-63)72-61(65)52-49-46-43-40-37-33-24-21-18-15-12-9-6-3/h12,15,17,20-21,24,26,31,58-59,63H,4-11,13-14,16,18-19,22-23,25,27-30,32-57H2,1-3H3,(H,67,68)/b15-12-,20-17-,24-21-,31-26-. The molecule has 0 fully saturated rings. The van der Waals surface area contributed by atoms with Crippen molar-refractivity contribution in [3.63, 3.8) is 0 Å². The first-order valence-corrected chi connectivity index (χ1v) is 32.0. The Morgan fingerprint density at radius 3 is 1.08 bits per heavy atom. The molecule has 3 atom stereocenters. The monoisotopic (exact) mass is 1060 g/mol. The summed E-state index contributed by atoms with van der Waals surface area (Å²) in [7, 11) is -4.75. The molecule has 0 aliphatic heterocycles. The summed E-state index contributed by atoms with van der Waals surface area (Å²) in [6.07, 6.45) is 60.7. The van der Waals surface area contributed by atoms with Crippen LogP contribution in [0.15, 0.2) is 48.6 Å². The van der Waals surface area contributed by atoms with Gasteiger partial charge in [0.05, 0.1) is 19.8 Å². The van der Waals surface area contributed by atoms with Crippen molar-refractivity contribution in [2.45, 2.75) is 303 Å². The average molecular weight is 1070 g/mol. The van der Waals surface area contributed by atoms with E-state index >= 15 is 0 Å². The van der Waals surface area contributed by atoms with Crippen LogP contribution in [-0.4, -0.2) is 66.5 Å². The molecule has 2 N–H and O–H groups in total. The van der Waals surface area contributed by atoms with Gasteiger partial charge in [-0.25, -0.2) is 4.57 Å². The fourth-order valence-electron chi connectivity index (χ4n) is 8.54. The van der Waals surface area contributed by atoms with Gasteiger partial charge in [-0.2, -0.15) is 0 Å². The average Bonchev–Trinajstić information content (AvgIpc) is 3.39. The van der Waals surface area contributed by atoms with Gasteiger partial charge in [-0.15, -0.1) is 0 Å².